The molecule has 5 nitrogen and oxygen atoms in total. The molecule has 188 valence electrons. The normalized spacial score (nSPS) is 16.3. The van der Waals surface area contributed by atoms with Gasteiger partial charge in [-0.25, -0.2) is 0 Å². The number of aryl methyl sites for hydroxylation is 2. The summed E-state index contributed by atoms with van der Waals surface area (Å²) >= 11 is 0. The standard InChI is InChI=1S/C31H35NO4/c1-3-23-11-13-25(14-12-23)21-31(2)22-27-20-26(15-16-28(27)36-31)30(35)32(19-17-29(33)34)18-7-10-24-8-5-4-6-9-24/h4-6,8-9,11-16,20H,3,7,10,17-19,21-22H2,1-2H3,(H,33,34)/t31-/m1/s1. The maximum absolute atomic E-state index is 13.4. The van der Waals surface area contributed by atoms with Gasteiger partial charge in [0.15, 0.2) is 0 Å². The van der Waals surface area contributed by atoms with E-state index in [0.717, 1.165) is 43.4 Å². The van der Waals surface area contributed by atoms with Crippen molar-refractivity contribution < 1.29 is 19.4 Å². The van der Waals surface area contributed by atoms with E-state index in [1.54, 1.807) is 11.0 Å². The summed E-state index contributed by atoms with van der Waals surface area (Å²) < 4.78 is 6.34. The number of carboxylic acids is 1. The molecule has 4 rings (SSSR count). The van der Waals surface area contributed by atoms with E-state index in [9.17, 15) is 14.7 Å². The predicted molar refractivity (Wildman–Crippen MR) is 142 cm³/mol. The van der Waals surface area contributed by atoms with Gasteiger partial charge in [-0.15, -0.1) is 0 Å². The zero-order valence-corrected chi connectivity index (χ0v) is 21.2. The molecule has 1 amide bonds. The highest BCUT2D eigenvalue weighted by Gasteiger charge is 2.35. The molecule has 36 heavy (non-hydrogen) atoms. The zero-order chi connectivity index (χ0) is 25.5. The highest BCUT2D eigenvalue weighted by Crippen LogP contribution is 2.37. The van der Waals surface area contributed by atoms with E-state index in [1.165, 1.54) is 16.7 Å². The second-order valence-corrected chi connectivity index (χ2v) is 9.92. The molecule has 3 aromatic rings. The number of aliphatic carboxylic acids is 1. The number of carbonyl (C=O) groups is 2. The molecule has 5 heteroatoms. The third-order valence-corrected chi connectivity index (χ3v) is 6.86. The summed E-state index contributed by atoms with van der Waals surface area (Å²) in [7, 11) is 0. The van der Waals surface area contributed by atoms with Gasteiger partial charge in [0.1, 0.15) is 11.4 Å². The quantitative estimate of drug-likeness (QED) is 0.376. The molecule has 0 aromatic heterocycles. The molecule has 1 heterocycles. The van der Waals surface area contributed by atoms with E-state index in [0.29, 0.717) is 12.1 Å². The van der Waals surface area contributed by atoms with Crippen molar-refractivity contribution in [3.05, 3.63) is 101 Å². The second-order valence-electron chi connectivity index (χ2n) is 9.92. The Morgan fingerprint density at radius 1 is 0.944 bits per heavy atom. The molecular weight excluding hydrogens is 450 g/mol. The first-order valence-corrected chi connectivity index (χ1v) is 12.8. The lowest BCUT2D eigenvalue weighted by Gasteiger charge is -2.24. The van der Waals surface area contributed by atoms with Gasteiger partial charge in [0.25, 0.3) is 5.91 Å². The molecule has 0 fully saturated rings. The summed E-state index contributed by atoms with van der Waals surface area (Å²) in [5, 5.41) is 9.20. The van der Waals surface area contributed by atoms with Gasteiger partial charge in [-0.05, 0) is 66.6 Å². The molecule has 0 radical (unpaired) electrons. The van der Waals surface area contributed by atoms with Crippen LogP contribution in [0.15, 0.2) is 72.8 Å². The Balaban J connectivity index is 1.43. The van der Waals surface area contributed by atoms with Crippen molar-refractivity contribution >= 4 is 11.9 Å². The van der Waals surface area contributed by atoms with Crippen molar-refractivity contribution in [2.45, 2.75) is 58.0 Å². The van der Waals surface area contributed by atoms with Crippen LogP contribution in [-0.2, 0) is 30.5 Å². The average Bonchev–Trinajstić information content (AvgIpc) is 3.21. The lowest BCUT2D eigenvalue weighted by molar-refractivity contribution is -0.137. The second kappa shape index (κ2) is 11.4. The van der Waals surface area contributed by atoms with Crippen LogP contribution in [0.2, 0.25) is 0 Å². The van der Waals surface area contributed by atoms with Gasteiger partial charge in [-0.2, -0.15) is 0 Å². The molecule has 0 aliphatic carbocycles. The zero-order valence-electron chi connectivity index (χ0n) is 21.2. The predicted octanol–water partition coefficient (Wildman–Crippen LogP) is 5.74. The molecule has 1 N–H and O–H groups in total. The molecule has 3 aromatic carbocycles. The van der Waals surface area contributed by atoms with Crippen LogP contribution in [0.1, 0.15) is 59.3 Å². The van der Waals surface area contributed by atoms with E-state index in [4.69, 9.17) is 4.74 Å². The summed E-state index contributed by atoms with van der Waals surface area (Å²) in [6, 6.07) is 24.4. The molecule has 0 saturated carbocycles. The first-order valence-electron chi connectivity index (χ1n) is 12.8. The highest BCUT2D eigenvalue weighted by molar-refractivity contribution is 5.95. The topological polar surface area (TPSA) is 66.8 Å². The van der Waals surface area contributed by atoms with Crippen molar-refractivity contribution in [3.63, 3.8) is 0 Å². The molecule has 1 aliphatic rings. The van der Waals surface area contributed by atoms with Gasteiger partial charge in [0.05, 0.1) is 6.42 Å². The Bertz CT molecular complexity index is 1190. The van der Waals surface area contributed by atoms with Crippen molar-refractivity contribution in [1.29, 1.82) is 0 Å². The molecule has 1 atom stereocenters. The smallest absolute Gasteiger partial charge is 0.305 e. The van der Waals surface area contributed by atoms with Crippen LogP contribution < -0.4 is 4.74 Å². The van der Waals surface area contributed by atoms with E-state index in [-0.39, 0.29) is 24.5 Å². The first-order chi connectivity index (χ1) is 17.3. The number of hydrogen-bond donors (Lipinski definition) is 1. The maximum atomic E-state index is 13.4. The Morgan fingerprint density at radius 2 is 1.67 bits per heavy atom. The highest BCUT2D eigenvalue weighted by atomic mass is 16.5. The van der Waals surface area contributed by atoms with Gasteiger partial charge >= 0.3 is 5.97 Å². The van der Waals surface area contributed by atoms with Gasteiger partial charge in [0.2, 0.25) is 0 Å². The fourth-order valence-electron chi connectivity index (χ4n) is 4.92. The van der Waals surface area contributed by atoms with Crippen LogP contribution in [0.4, 0.5) is 0 Å². The van der Waals surface area contributed by atoms with Gasteiger partial charge < -0.3 is 14.7 Å². The fraction of sp³-hybridized carbons (Fsp3) is 0.355. The Morgan fingerprint density at radius 3 is 2.36 bits per heavy atom. The van der Waals surface area contributed by atoms with E-state index < -0.39 is 5.97 Å². The van der Waals surface area contributed by atoms with Crippen LogP contribution in [0.5, 0.6) is 5.75 Å². The number of carbonyl (C=O) groups excluding carboxylic acids is 1. The Hall–Kier alpha value is -3.60. The summed E-state index contributed by atoms with van der Waals surface area (Å²) in [5.74, 6) is -0.211. The van der Waals surface area contributed by atoms with Crippen molar-refractivity contribution in [3.8, 4) is 5.75 Å². The van der Waals surface area contributed by atoms with Crippen LogP contribution >= 0.6 is 0 Å². The molecule has 1 aliphatic heterocycles. The van der Waals surface area contributed by atoms with Gasteiger partial charge in [-0.1, -0.05) is 61.5 Å². The Labute approximate surface area is 213 Å². The number of nitrogens with zero attached hydrogens (tertiary/aromatic N) is 1. The maximum Gasteiger partial charge on any atom is 0.305 e. The number of ether oxygens (including phenoxy) is 1. The molecule has 0 saturated heterocycles. The number of rotatable bonds is 11. The minimum atomic E-state index is -0.902. The van der Waals surface area contributed by atoms with Gasteiger partial charge in [0, 0.05) is 31.5 Å². The van der Waals surface area contributed by atoms with Crippen molar-refractivity contribution in [2.75, 3.05) is 13.1 Å². The van der Waals surface area contributed by atoms with E-state index in [2.05, 4.69) is 50.2 Å². The monoisotopic (exact) mass is 485 g/mol. The average molecular weight is 486 g/mol. The number of fused-ring (bicyclic) bond motifs is 1. The van der Waals surface area contributed by atoms with E-state index in [1.807, 2.05) is 30.3 Å². The molecule has 0 bridgehead atoms. The molecule has 0 spiro atoms. The van der Waals surface area contributed by atoms with Crippen LogP contribution in [0.3, 0.4) is 0 Å². The largest absolute Gasteiger partial charge is 0.487 e. The lowest BCUT2D eigenvalue weighted by atomic mass is 9.91. The number of carboxylic acid groups (broad SMARTS) is 1. The molecular formula is C31H35NO4. The number of hydrogen-bond acceptors (Lipinski definition) is 3. The minimum absolute atomic E-state index is 0.0694. The van der Waals surface area contributed by atoms with Crippen LogP contribution in [-0.4, -0.2) is 40.6 Å². The number of benzene rings is 3. The van der Waals surface area contributed by atoms with Crippen LogP contribution in [0, 0.1) is 0 Å². The summed E-state index contributed by atoms with van der Waals surface area (Å²) in [6.45, 7) is 4.98. The van der Waals surface area contributed by atoms with Crippen molar-refractivity contribution in [2.24, 2.45) is 0 Å². The molecule has 0 unspecified atom stereocenters. The third kappa shape index (κ3) is 6.54. The van der Waals surface area contributed by atoms with E-state index >= 15 is 0 Å². The van der Waals surface area contributed by atoms with Crippen molar-refractivity contribution in [1.82, 2.24) is 4.90 Å². The summed E-state index contributed by atoms with van der Waals surface area (Å²) in [5.41, 5.74) is 5.00. The minimum Gasteiger partial charge on any atom is -0.487 e. The fourth-order valence-corrected chi connectivity index (χ4v) is 4.92. The SMILES string of the molecule is CCc1ccc(C[C@]2(C)Cc3cc(C(=O)N(CCCc4ccccc4)CCC(=O)O)ccc3O2)cc1. The van der Waals surface area contributed by atoms with Gasteiger partial charge in [-0.3, -0.25) is 9.59 Å². The summed E-state index contributed by atoms with van der Waals surface area (Å²) in [6.07, 6.45) is 4.08. The Kier molecular flexibility index (Phi) is 8.09. The number of amides is 1. The lowest BCUT2D eigenvalue weighted by Crippen LogP contribution is -2.34. The summed E-state index contributed by atoms with van der Waals surface area (Å²) in [4.78, 5) is 26.3. The van der Waals surface area contributed by atoms with Crippen LogP contribution in [0.25, 0.3) is 0 Å². The first kappa shape index (κ1) is 25.5. The third-order valence-electron chi connectivity index (χ3n) is 6.86.